The van der Waals surface area contributed by atoms with Crippen LogP contribution in [-0.2, 0) is 16.4 Å². The SMILES string of the molecule is COc1ccc(OC(=O)c2cccc(S(=O)(=O)N3CCc4ccccc43)c2)cc1. The van der Waals surface area contributed by atoms with Crippen LogP contribution < -0.4 is 13.8 Å². The summed E-state index contributed by atoms with van der Waals surface area (Å²) in [5.41, 5.74) is 1.83. The number of rotatable bonds is 5. The molecule has 0 radical (unpaired) electrons. The monoisotopic (exact) mass is 409 g/mol. The van der Waals surface area contributed by atoms with Crippen LogP contribution in [-0.4, -0.2) is 28.0 Å². The Morgan fingerprint density at radius 2 is 1.66 bits per heavy atom. The van der Waals surface area contributed by atoms with Gasteiger partial charge in [0.25, 0.3) is 10.0 Å². The van der Waals surface area contributed by atoms with Crippen LogP contribution in [0.3, 0.4) is 0 Å². The summed E-state index contributed by atoms with van der Waals surface area (Å²) in [6.45, 7) is 0.377. The Balaban J connectivity index is 1.59. The quantitative estimate of drug-likeness (QED) is 0.475. The predicted molar refractivity (Wildman–Crippen MR) is 109 cm³/mol. The molecule has 1 heterocycles. The molecule has 0 N–H and O–H groups in total. The summed E-state index contributed by atoms with van der Waals surface area (Å²) in [5.74, 6) is 0.357. The fourth-order valence-electron chi connectivity index (χ4n) is 3.28. The molecule has 7 heteroatoms. The molecule has 0 aromatic heterocycles. The number of nitrogens with zero attached hydrogens (tertiary/aromatic N) is 1. The summed E-state index contributed by atoms with van der Waals surface area (Å²) in [5, 5.41) is 0. The Hall–Kier alpha value is -3.32. The van der Waals surface area contributed by atoms with Crippen molar-refractivity contribution in [2.75, 3.05) is 18.0 Å². The number of hydrogen-bond donors (Lipinski definition) is 0. The number of esters is 1. The van der Waals surface area contributed by atoms with Gasteiger partial charge in [0.15, 0.2) is 0 Å². The van der Waals surface area contributed by atoms with Crippen molar-refractivity contribution in [1.82, 2.24) is 0 Å². The normalized spacial score (nSPS) is 13.1. The van der Waals surface area contributed by atoms with Gasteiger partial charge in [-0.15, -0.1) is 0 Å². The molecule has 0 saturated heterocycles. The second kappa shape index (κ2) is 7.60. The Kier molecular flexibility index (Phi) is 4.98. The fraction of sp³-hybridized carbons (Fsp3) is 0.136. The molecule has 1 aliphatic heterocycles. The van der Waals surface area contributed by atoms with E-state index in [1.807, 2.05) is 18.2 Å². The van der Waals surface area contributed by atoms with Gasteiger partial charge in [-0.05, 0) is 60.5 Å². The lowest BCUT2D eigenvalue weighted by molar-refractivity contribution is 0.0734. The Morgan fingerprint density at radius 3 is 2.41 bits per heavy atom. The number of carbonyl (C=O) groups excluding carboxylic acids is 1. The van der Waals surface area contributed by atoms with Crippen LogP contribution in [0.15, 0.2) is 77.7 Å². The van der Waals surface area contributed by atoms with E-state index in [0.29, 0.717) is 30.2 Å². The molecule has 148 valence electrons. The van der Waals surface area contributed by atoms with Crippen molar-refractivity contribution in [3.63, 3.8) is 0 Å². The van der Waals surface area contributed by atoms with Gasteiger partial charge in [0, 0.05) is 6.54 Å². The molecule has 4 rings (SSSR count). The minimum Gasteiger partial charge on any atom is -0.497 e. The number of benzene rings is 3. The molecule has 0 spiro atoms. The molecular weight excluding hydrogens is 390 g/mol. The van der Waals surface area contributed by atoms with E-state index in [4.69, 9.17) is 9.47 Å². The van der Waals surface area contributed by atoms with Crippen molar-refractivity contribution in [3.8, 4) is 11.5 Å². The highest BCUT2D eigenvalue weighted by molar-refractivity contribution is 7.92. The van der Waals surface area contributed by atoms with Crippen molar-refractivity contribution in [1.29, 1.82) is 0 Å². The van der Waals surface area contributed by atoms with E-state index in [1.54, 1.807) is 43.5 Å². The molecule has 0 amide bonds. The van der Waals surface area contributed by atoms with E-state index < -0.39 is 16.0 Å². The van der Waals surface area contributed by atoms with Crippen molar-refractivity contribution in [3.05, 3.63) is 83.9 Å². The second-order valence-electron chi connectivity index (χ2n) is 6.55. The zero-order valence-corrected chi connectivity index (χ0v) is 16.6. The minimum absolute atomic E-state index is 0.0541. The molecular formula is C22H19NO5S. The van der Waals surface area contributed by atoms with Gasteiger partial charge in [-0.2, -0.15) is 0 Å². The van der Waals surface area contributed by atoms with Crippen molar-refractivity contribution in [2.24, 2.45) is 0 Å². The van der Waals surface area contributed by atoms with Crippen LogP contribution in [0.1, 0.15) is 15.9 Å². The van der Waals surface area contributed by atoms with E-state index in [9.17, 15) is 13.2 Å². The van der Waals surface area contributed by atoms with Gasteiger partial charge in [0.1, 0.15) is 11.5 Å². The molecule has 1 aliphatic rings. The lowest BCUT2D eigenvalue weighted by Gasteiger charge is -2.19. The highest BCUT2D eigenvalue weighted by Crippen LogP contribution is 2.32. The van der Waals surface area contributed by atoms with Gasteiger partial charge in [-0.1, -0.05) is 24.3 Å². The standard InChI is InChI=1S/C22H19NO5S/c1-27-18-9-11-19(12-10-18)28-22(24)17-6-4-7-20(15-17)29(25,26)23-14-13-16-5-2-3-8-21(16)23/h2-12,15H,13-14H2,1H3. The zero-order chi connectivity index (χ0) is 20.4. The maximum atomic E-state index is 13.2. The first-order valence-corrected chi connectivity index (χ1v) is 10.5. The first-order valence-electron chi connectivity index (χ1n) is 9.06. The van der Waals surface area contributed by atoms with Gasteiger partial charge in [-0.25, -0.2) is 13.2 Å². The highest BCUT2D eigenvalue weighted by Gasteiger charge is 2.31. The van der Waals surface area contributed by atoms with Crippen LogP contribution in [0.5, 0.6) is 11.5 Å². The van der Waals surface area contributed by atoms with E-state index in [0.717, 1.165) is 5.56 Å². The molecule has 29 heavy (non-hydrogen) atoms. The minimum atomic E-state index is -3.78. The lowest BCUT2D eigenvalue weighted by Crippen LogP contribution is -2.29. The number of para-hydroxylation sites is 1. The molecule has 0 unspecified atom stereocenters. The molecule has 3 aromatic carbocycles. The van der Waals surface area contributed by atoms with E-state index in [1.165, 1.54) is 22.5 Å². The molecule has 0 fully saturated rings. The molecule has 0 bridgehead atoms. The number of hydrogen-bond acceptors (Lipinski definition) is 5. The largest absolute Gasteiger partial charge is 0.497 e. The summed E-state index contributed by atoms with van der Waals surface area (Å²) in [4.78, 5) is 12.6. The smallest absolute Gasteiger partial charge is 0.343 e. The summed E-state index contributed by atoms with van der Waals surface area (Å²) in [6, 6.07) is 19.9. The average molecular weight is 409 g/mol. The summed E-state index contributed by atoms with van der Waals surface area (Å²) >= 11 is 0. The number of ether oxygens (including phenoxy) is 2. The van der Waals surface area contributed by atoms with Gasteiger partial charge in [0.05, 0.1) is 23.3 Å². The molecule has 3 aromatic rings. The molecule has 6 nitrogen and oxygen atoms in total. The lowest BCUT2D eigenvalue weighted by atomic mass is 10.2. The van der Waals surface area contributed by atoms with Crippen molar-refractivity contribution in [2.45, 2.75) is 11.3 Å². The summed E-state index contributed by atoms with van der Waals surface area (Å²) in [7, 11) is -2.23. The second-order valence-corrected chi connectivity index (χ2v) is 8.41. The molecule has 0 aliphatic carbocycles. The number of methoxy groups -OCH3 is 1. The third kappa shape index (κ3) is 3.69. The molecule has 0 saturated carbocycles. The third-order valence-corrected chi connectivity index (χ3v) is 6.58. The van der Waals surface area contributed by atoms with Crippen LogP contribution >= 0.6 is 0 Å². The summed E-state index contributed by atoms with van der Waals surface area (Å²) < 4.78 is 38.1. The summed E-state index contributed by atoms with van der Waals surface area (Å²) in [6.07, 6.45) is 0.661. The topological polar surface area (TPSA) is 72.9 Å². The van der Waals surface area contributed by atoms with E-state index >= 15 is 0 Å². The first-order chi connectivity index (χ1) is 14.0. The predicted octanol–water partition coefficient (Wildman–Crippen LogP) is 3.67. The third-order valence-electron chi connectivity index (χ3n) is 4.77. The first kappa shape index (κ1) is 19.0. The van der Waals surface area contributed by atoms with Gasteiger partial charge in [-0.3, -0.25) is 4.31 Å². The average Bonchev–Trinajstić information content (AvgIpc) is 3.19. The number of carbonyl (C=O) groups is 1. The van der Waals surface area contributed by atoms with E-state index in [-0.39, 0.29) is 10.5 Å². The zero-order valence-electron chi connectivity index (χ0n) is 15.7. The Labute approximate surface area is 169 Å². The fourth-order valence-corrected chi connectivity index (χ4v) is 4.83. The van der Waals surface area contributed by atoms with Gasteiger partial charge < -0.3 is 9.47 Å². The number of sulfonamides is 1. The van der Waals surface area contributed by atoms with Crippen molar-refractivity contribution >= 4 is 21.7 Å². The van der Waals surface area contributed by atoms with Crippen LogP contribution in [0.4, 0.5) is 5.69 Å². The van der Waals surface area contributed by atoms with Crippen LogP contribution in [0.25, 0.3) is 0 Å². The maximum absolute atomic E-state index is 13.2. The highest BCUT2D eigenvalue weighted by atomic mass is 32.2. The van der Waals surface area contributed by atoms with Crippen LogP contribution in [0.2, 0.25) is 0 Å². The molecule has 0 atom stereocenters. The Morgan fingerprint density at radius 1 is 0.931 bits per heavy atom. The Bertz CT molecular complexity index is 1160. The van der Waals surface area contributed by atoms with Gasteiger partial charge in [0.2, 0.25) is 0 Å². The number of anilines is 1. The van der Waals surface area contributed by atoms with Crippen molar-refractivity contribution < 1.29 is 22.7 Å². The van der Waals surface area contributed by atoms with Crippen LogP contribution in [0, 0.1) is 0 Å². The van der Waals surface area contributed by atoms with E-state index in [2.05, 4.69) is 0 Å². The maximum Gasteiger partial charge on any atom is 0.343 e. The van der Waals surface area contributed by atoms with Gasteiger partial charge >= 0.3 is 5.97 Å². The number of fused-ring (bicyclic) bond motifs is 1.